The Morgan fingerprint density at radius 3 is 2.80 bits per heavy atom. The Morgan fingerprint density at radius 1 is 1.50 bits per heavy atom. The lowest BCUT2D eigenvalue weighted by Crippen LogP contribution is -2.46. The number of carbonyl (C=O) groups excluding carboxylic acids is 1. The topological polar surface area (TPSA) is 75.0 Å². The average molecular weight is 278 g/mol. The average Bonchev–Trinajstić information content (AvgIpc) is 2.95. The standard InChI is InChI=1S/C15H26N4O/c1-3-5-13(16)15(20)19-8-6-12(7-9-19)14-11(4-2)10-17-18-14/h10,12-13H,3-9,16H2,1-2H3,(H,17,18)/t13-/m0/s1. The van der Waals surface area contributed by atoms with Crippen LogP contribution in [0, 0.1) is 0 Å². The fourth-order valence-corrected chi connectivity index (χ4v) is 3.01. The van der Waals surface area contributed by atoms with Gasteiger partial charge >= 0.3 is 0 Å². The molecule has 20 heavy (non-hydrogen) atoms. The van der Waals surface area contributed by atoms with Crippen molar-refractivity contribution in [3.63, 3.8) is 0 Å². The largest absolute Gasteiger partial charge is 0.341 e. The number of piperidine rings is 1. The van der Waals surface area contributed by atoms with Gasteiger partial charge in [-0.15, -0.1) is 0 Å². The Balaban J connectivity index is 1.91. The second-order valence-corrected chi connectivity index (χ2v) is 5.66. The van der Waals surface area contributed by atoms with Gasteiger partial charge in [-0.05, 0) is 31.2 Å². The van der Waals surface area contributed by atoms with Gasteiger partial charge in [0.15, 0.2) is 0 Å². The Bertz CT molecular complexity index is 435. The van der Waals surface area contributed by atoms with E-state index in [1.54, 1.807) is 0 Å². The highest BCUT2D eigenvalue weighted by molar-refractivity contribution is 5.81. The number of hydrogen-bond donors (Lipinski definition) is 2. The lowest BCUT2D eigenvalue weighted by atomic mass is 9.90. The first kappa shape index (κ1) is 15.0. The lowest BCUT2D eigenvalue weighted by molar-refractivity contribution is -0.133. The molecule has 0 radical (unpaired) electrons. The first-order chi connectivity index (χ1) is 9.67. The highest BCUT2D eigenvalue weighted by Crippen LogP contribution is 2.29. The molecule has 0 bridgehead atoms. The number of hydrogen-bond acceptors (Lipinski definition) is 3. The van der Waals surface area contributed by atoms with E-state index in [0.717, 1.165) is 45.2 Å². The summed E-state index contributed by atoms with van der Waals surface area (Å²) in [6.45, 7) is 5.83. The molecule has 0 saturated carbocycles. The van der Waals surface area contributed by atoms with Crippen LogP contribution in [0.2, 0.25) is 0 Å². The first-order valence-corrected chi connectivity index (χ1v) is 7.73. The fraction of sp³-hybridized carbons (Fsp3) is 0.733. The van der Waals surface area contributed by atoms with Gasteiger partial charge in [0.25, 0.3) is 0 Å². The lowest BCUT2D eigenvalue weighted by Gasteiger charge is -2.33. The maximum atomic E-state index is 12.2. The van der Waals surface area contributed by atoms with Crippen molar-refractivity contribution in [1.29, 1.82) is 0 Å². The number of aromatic nitrogens is 2. The van der Waals surface area contributed by atoms with Crippen LogP contribution >= 0.6 is 0 Å². The molecule has 0 unspecified atom stereocenters. The normalized spacial score (nSPS) is 18.2. The fourth-order valence-electron chi connectivity index (χ4n) is 3.01. The highest BCUT2D eigenvalue weighted by atomic mass is 16.2. The van der Waals surface area contributed by atoms with Crippen molar-refractivity contribution in [2.45, 2.75) is 57.9 Å². The Kier molecular flexibility index (Phi) is 5.17. The zero-order valence-corrected chi connectivity index (χ0v) is 12.6. The van der Waals surface area contributed by atoms with Gasteiger partial charge in [0, 0.05) is 24.7 Å². The van der Waals surface area contributed by atoms with E-state index in [1.807, 2.05) is 11.1 Å². The summed E-state index contributed by atoms with van der Waals surface area (Å²) in [5, 5.41) is 7.28. The minimum Gasteiger partial charge on any atom is -0.341 e. The number of likely N-dealkylation sites (tertiary alicyclic amines) is 1. The number of H-pyrrole nitrogens is 1. The van der Waals surface area contributed by atoms with Crippen molar-refractivity contribution in [1.82, 2.24) is 15.1 Å². The Hall–Kier alpha value is -1.36. The smallest absolute Gasteiger partial charge is 0.239 e. The van der Waals surface area contributed by atoms with Crippen LogP contribution in [0.5, 0.6) is 0 Å². The van der Waals surface area contributed by atoms with Crippen LogP contribution in [0.3, 0.4) is 0 Å². The van der Waals surface area contributed by atoms with Crippen molar-refractivity contribution in [2.24, 2.45) is 5.73 Å². The quantitative estimate of drug-likeness (QED) is 0.862. The van der Waals surface area contributed by atoms with Crippen molar-refractivity contribution in [3.05, 3.63) is 17.5 Å². The SMILES string of the molecule is CCC[C@H](N)C(=O)N1CCC(c2[nH]ncc2CC)CC1. The Morgan fingerprint density at radius 2 is 2.20 bits per heavy atom. The molecule has 0 aromatic carbocycles. The minimum absolute atomic E-state index is 0.116. The van der Waals surface area contributed by atoms with E-state index in [-0.39, 0.29) is 11.9 Å². The highest BCUT2D eigenvalue weighted by Gasteiger charge is 2.28. The minimum atomic E-state index is -0.324. The van der Waals surface area contributed by atoms with Crippen molar-refractivity contribution < 1.29 is 4.79 Å². The summed E-state index contributed by atoms with van der Waals surface area (Å²) >= 11 is 0. The van der Waals surface area contributed by atoms with Crippen LogP contribution in [0.25, 0.3) is 0 Å². The summed E-state index contributed by atoms with van der Waals surface area (Å²) in [4.78, 5) is 14.1. The predicted octanol–water partition coefficient (Wildman–Crippen LogP) is 1.81. The van der Waals surface area contributed by atoms with E-state index in [9.17, 15) is 4.79 Å². The maximum absolute atomic E-state index is 12.2. The number of nitrogens with one attached hydrogen (secondary N) is 1. The van der Waals surface area contributed by atoms with E-state index in [1.165, 1.54) is 11.3 Å². The predicted molar refractivity (Wildman–Crippen MR) is 79.4 cm³/mol. The van der Waals surface area contributed by atoms with Gasteiger partial charge in [-0.25, -0.2) is 0 Å². The maximum Gasteiger partial charge on any atom is 0.239 e. The second-order valence-electron chi connectivity index (χ2n) is 5.66. The molecule has 1 aromatic rings. The third-order valence-corrected chi connectivity index (χ3v) is 4.26. The number of nitrogens with two attached hydrogens (primary N) is 1. The van der Waals surface area contributed by atoms with Crippen molar-refractivity contribution >= 4 is 5.91 Å². The molecular weight excluding hydrogens is 252 g/mol. The summed E-state index contributed by atoms with van der Waals surface area (Å²) in [5.41, 5.74) is 8.49. The van der Waals surface area contributed by atoms with Gasteiger partial charge in [0.1, 0.15) is 0 Å². The van der Waals surface area contributed by atoms with Crippen LogP contribution in [-0.2, 0) is 11.2 Å². The number of nitrogens with zero attached hydrogens (tertiary/aromatic N) is 2. The molecule has 3 N–H and O–H groups in total. The van der Waals surface area contributed by atoms with Crippen LogP contribution in [0.1, 0.15) is 56.7 Å². The zero-order chi connectivity index (χ0) is 14.5. The van der Waals surface area contributed by atoms with Crippen LogP contribution < -0.4 is 5.73 Å². The van der Waals surface area contributed by atoms with Gasteiger partial charge in [0.05, 0.1) is 12.2 Å². The molecule has 0 aliphatic carbocycles. The summed E-state index contributed by atoms with van der Waals surface area (Å²) < 4.78 is 0. The molecule has 5 nitrogen and oxygen atoms in total. The van der Waals surface area contributed by atoms with E-state index < -0.39 is 0 Å². The van der Waals surface area contributed by atoms with E-state index >= 15 is 0 Å². The van der Waals surface area contributed by atoms with Crippen molar-refractivity contribution in [2.75, 3.05) is 13.1 Å². The van der Waals surface area contributed by atoms with Crippen LogP contribution in [0.15, 0.2) is 6.20 Å². The molecule has 1 fully saturated rings. The molecule has 1 aromatic heterocycles. The molecule has 1 aliphatic heterocycles. The molecule has 2 heterocycles. The Labute approximate surface area is 120 Å². The van der Waals surface area contributed by atoms with E-state index in [0.29, 0.717) is 5.92 Å². The molecule has 112 valence electrons. The number of carbonyl (C=O) groups is 1. The van der Waals surface area contributed by atoms with Crippen LogP contribution in [-0.4, -0.2) is 40.1 Å². The molecule has 1 atom stereocenters. The monoisotopic (exact) mass is 278 g/mol. The number of aromatic amines is 1. The second kappa shape index (κ2) is 6.88. The third-order valence-electron chi connectivity index (χ3n) is 4.26. The van der Waals surface area contributed by atoms with Gasteiger partial charge in [0.2, 0.25) is 5.91 Å². The van der Waals surface area contributed by atoms with Gasteiger partial charge in [-0.2, -0.15) is 5.10 Å². The molecule has 2 rings (SSSR count). The number of amides is 1. The molecule has 1 saturated heterocycles. The van der Waals surface area contributed by atoms with Gasteiger partial charge < -0.3 is 10.6 Å². The summed E-state index contributed by atoms with van der Waals surface area (Å²) in [6.07, 6.45) is 6.66. The van der Waals surface area contributed by atoms with Crippen molar-refractivity contribution in [3.8, 4) is 0 Å². The zero-order valence-electron chi connectivity index (χ0n) is 12.6. The molecular formula is C15H26N4O. The summed E-state index contributed by atoms with van der Waals surface area (Å²) in [7, 11) is 0. The summed E-state index contributed by atoms with van der Waals surface area (Å²) in [6, 6.07) is -0.324. The van der Waals surface area contributed by atoms with Gasteiger partial charge in [-0.1, -0.05) is 20.3 Å². The van der Waals surface area contributed by atoms with Crippen LogP contribution in [0.4, 0.5) is 0 Å². The molecule has 0 spiro atoms. The first-order valence-electron chi connectivity index (χ1n) is 7.73. The molecule has 1 amide bonds. The molecule has 5 heteroatoms. The van der Waals surface area contributed by atoms with E-state index in [2.05, 4.69) is 24.0 Å². The third kappa shape index (κ3) is 3.20. The number of rotatable bonds is 5. The number of aryl methyl sites for hydroxylation is 1. The van der Waals surface area contributed by atoms with E-state index in [4.69, 9.17) is 5.73 Å². The molecule has 1 aliphatic rings. The summed E-state index contributed by atoms with van der Waals surface area (Å²) in [5.74, 6) is 0.615. The van der Waals surface area contributed by atoms with Gasteiger partial charge in [-0.3, -0.25) is 9.89 Å².